The number of hydrogen-bond donors (Lipinski definition) is 1. The molecule has 0 bridgehead atoms. The molecule has 3 nitrogen and oxygen atoms in total. The van der Waals surface area contributed by atoms with Gasteiger partial charge in [-0.1, -0.05) is 20.8 Å². The molecule has 1 fully saturated rings. The number of nitrogens with zero attached hydrogens (tertiary/aromatic N) is 1. The van der Waals surface area contributed by atoms with Crippen LogP contribution in [0.15, 0.2) is 0 Å². The van der Waals surface area contributed by atoms with E-state index in [1.807, 2.05) is 25.7 Å². The van der Waals surface area contributed by atoms with Crippen molar-refractivity contribution in [2.24, 2.45) is 17.1 Å². The minimum absolute atomic E-state index is 0.235. The van der Waals surface area contributed by atoms with E-state index in [1.54, 1.807) is 0 Å². The molecule has 0 spiro atoms. The Balaban J connectivity index is 2.41. The number of nitrogens with two attached hydrogens (primary N) is 1. The predicted octanol–water partition coefficient (Wildman–Crippen LogP) is 1.62. The van der Waals surface area contributed by atoms with Crippen molar-refractivity contribution in [3.05, 3.63) is 0 Å². The van der Waals surface area contributed by atoms with Crippen LogP contribution in [0.4, 0.5) is 0 Å². The third-order valence-electron chi connectivity index (χ3n) is 3.12. The van der Waals surface area contributed by atoms with E-state index in [0.717, 1.165) is 44.8 Å². The molecule has 0 aromatic heterocycles. The van der Waals surface area contributed by atoms with Gasteiger partial charge in [-0.15, -0.1) is 0 Å². The van der Waals surface area contributed by atoms with E-state index in [1.165, 1.54) is 0 Å². The average molecular weight is 212 g/mol. The van der Waals surface area contributed by atoms with Crippen LogP contribution in [0.3, 0.4) is 0 Å². The molecule has 1 aliphatic rings. The normalized spacial score (nSPS) is 19.3. The number of hydrogen-bond acceptors (Lipinski definition) is 2. The van der Waals surface area contributed by atoms with Crippen LogP contribution in [0.2, 0.25) is 0 Å². The third-order valence-corrected chi connectivity index (χ3v) is 3.12. The van der Waals surface area contributed by atoms with Gasteiger partial charge < -0.3 is 10.6 Å². The zero-order chi connectivity index (χ0) is 11.5. The molecule has 0 saturated carbocycles. The molecule has 1 rings (SSSR count). The summed E-state index contributed by atoms with van der Waals surface area (Å²) in [5.41, 5.74) is 5.31. The van der Waals surface area contributed by atoms with Gasteiger partial charge in [0.2, 0.25) is 5.91 Å². The number of piperidine rings is 1. The summed E-state index contributed by atoms with van der Waals surface area (Å²) < 4.78 is 0. The fourth-order valence-electron chi connectivity index (χ4n) is 2.13. The quantitative estimate of drug-likeness (QED) is 0.756. The van der Waals surface area contributed by atoms with Crippen molar-refractivity contribution in [1.29, 1.82) is 0 Å². The van der Waals surface area contributed by atoms with Gasteiger partial charge in [0.1, 0.15) is 0 Å². The second kappa shape index (κ2) is 4.97. The van der Waals surface area contributed by atoms with E-state index >= 15 is 0 Å². The number of carbonyl (C=O) groups excluding carboxylic acids is 1. The molecule has 1 heterocycles. The Morgan fingerprint density at radius 3 is 2.27 bits per heavy atom. The molecule has 0 aromatic carbocycles. The summed E-state index contributed by atoms with van der Waals surface area (Å²) in [5.74, 6) is 1.02. The van der Waals surface area contributed by atoms with Crippen LogP contribution in [0.1, 0.15) is 40.0 Å². The van der Waals surface area contributed by atoms with Crippen molar-refractivity contribution in [3.63, 3.8) is 0 Å². The van der Waals surface area contributed by atoms with Crippen molar-refractivity contribution >= 4 is 5.91 Å². The highest BCUT2D eigenvalue weighted by molar-refractivity contribution is 5.81. The Kier molecular flexibility index (Phi) is 4.14. The Hall–Kier alpha value is -0.570. The fourth-order valence-corrected chi connectivity index (χ4v) is 2.13. The van der Waals surface area contributed by atoms with Crippen LogP contribution in [0, 0.1) is 11.3 Å². The standard InChI is InChI=1S/C12H24N2O/c1-12(2,3)11(15)14-8-5-10(4-7-13)6-9-14/h10H,4-9,13H2,1-3H3. The van der Waals surface area contributed by atoms with Crippen LogP contribution < -0.4 is 5.73 Å². The van der Waals surface area contributed by atoms with E-state index in [0.29, 0.717) is 0 Å². The summed E-state index contributed by atoms with van der Waals surface area (Å²) in [4.78, 5) is 14.0. The summed E-state index contributed by atoms with van der Waals surface area (Å²) in [5, 5.41) is 0. The molecular weight excluding hydrogens is 188 g/mol. The van der Waals surface area contributed by atoms with E-state index in [9.17, 15) is 4.79 Å². The largest absolute Gasteiger partial charge is 0.342 e. The maximum Gasteiger partial charge on any atom is 0.227 e. The van der Waals surface area contributed by atoms with E-state index in [4.69, 9.17) is 5.73 Å². The lowest BCUT2D eigenvalue weighted by atomic mass is 9.90. The van der Waals surface area contributed by atoms with Crippen LogP contribution in [-0.4, -0.2) is 30.4 Å². The lowest BCUT2D eigenvalue weighted by molar-refractivity contribution is -0.140. The Morgan fingerprint density at radius 1 is 1.33 bits per heavy atom. The van der Waals surface area contributed by atoms with Gasteiger partial charge >= 0.3 is 0 Å². The summed E-state index contributed by atoms with van der Waals surface area (Å²) >= 11 is 0. The first-order valence-electron chi connectivity index (χ1n) is 5.94. The second-order valence-corrected chi connectivity index (χ2v) is 5.56. The SMILES string of the molecule is CC(C)(C)C(=O)N1CCC(CCN)CC1. The van der Waals surface area contributed by atoms with Gasteiger partial charge in [0.25, 0.3) is 0 Å². The van der Waals surface area contributed by atoms with E-state index in [-0.39, 0.29) is 11.3 Å². The highest BCUT2D eigenvalue weighted by Gasteiger charge is 2.29. The van der Waals surface area contributed by atoms with Crippen LogP contribution in [-0.2, 0) is 4.79 Å². The van der Waals surface area contributed by atoms with Gasteiger partial charge in [0, 0.05) is 18.5 Å². The molecule has 0 aromatic rings. The minimum Gasteiger partial charge on any atom is -0.342 e. The molecule has 15 heavy (non-hydrogen) atoms. The van der Waals surface area contributed by atoms with Crippen molar-refractivity contribution in [1.82, 2.24) is 4.90 Å². The molecule has 3 heteroatoms. The lowest BCUT2D eigenvalue weighted by Gasteiger charge is -2.35. The molecule has 0 atom stereocenters. The molecule has 1 aliphatic heterocycles. The van der Waals surface area contributed by atoms with Crippen LogP contribution in [0.25, 0.3) is 0 Å². The Bertz CT molecular complexity index is 212. The molecule has 0 unspecified atom stereocenters. The Morgan fingerprint density at radius 2 is 1.87 bits per heavy atom. The topological polar surface area (TPSA) is 46.3 Å². The van der Waals surface area contributed by atoms with Crippen molar-refractivity contribution in [2.45, 2.75) is 40.0 Å². The number of likely N-dealkylation sites (tertiary alicyclic amines) is 1. The highest BCUT2D eigenvalue weighted by atomic mass is 16.2. The van der Waals surface area contributed by atoms with Crippen molar-refractivity contribution in [3.8, 4) is 0 Å². The number of carbonyl (C=O) groups is 1. The summed E-state index contributed by atoms with van der Waals surface area (Å²) in [6.45, 7) is 8.57. The molecular formula is C12H24N2O. The van der Waals surface area contributed by atoms with Gasteiger partial charge in [-0.05, 0) is 31.7 Å². The maximum absolute atomic E-state index is 12.0. The van der Waals surface area contributed by atoms with Gasteiger partial charge in [-0.3, -0.25) is 4.79 Å². The summed E-state index contributed by atoms with van der Waals surface area (Å²) in [6, 6.07) is 0. The molecule has 0 aliphatic carbocycles. The minimum atomic E-state index is -0.235. The zero-order valence-corrected chi connectivity index (χ0v) is 10.3. The van der Waals surface area contributed by atoms with E-state index < -0.39 is 0 Å². The van der Waals surface area contributed by atoms with Gasteiger partial charge in [-0.2, -0.15) is 0 Å². The Labute approximate surface area is 93.0 Å². The smallest absolute Gasteiger partial charge is 0.227 e. The zero-order valence-electron chi connectivity index (χ0n) is 10.3. The summed E-state index contributed by atoms with van der Waals surface area (Å²) in [7, 11) is 0. The molecule has 1 saturated heterocycles. The van der Waals surface area contributed by atoms with Gasteiger partial charge in [0.05, 0.1) is 0 Å². The van der Waals surface area contributed by atoms with E-state index in [2.05, 4.69) is 0 Å². The third kappa shape index (κ3) is 3.49. The van der Waals surface area contributed by atoms with Crippen molar-refractivity contribution in [2.75, 3.05) is 19.6 Å². The molecule has 88 valence electrons. The first-order valence-corrected chi connectivity index (χ1v) is 5.94. The summed E-state index contributed by atoms with van der Waals surface area (Å²) in [6.07, 6.45) is 3.36. The first kappa shape index (κ1) is 12.5. The lowest BCUT2D eigenvalue weighted by Crippen LogP contribution is -2.44. The maximum atomic E-state index is 12.0. The first-order chi connectivity index (χ1) is 6.95. The fraction of sp³-hybridized carbons (Fsp3) is 0.917. The second-order valence-electron chi connectivity index (χ2n) is 5.56. The van der Waals surface area contributed by atoms with Gasteiger partial charge in [-0.25, -0.2) is 0 Å². The number of amides is 1. The monoisotopic (exact) mass is 212 g/mol. The highest BCUT2D eigenvalue weighted by Crippen LogP contribution is 2.24. The number of rotatable bonds is 2. The molecule has 0 radical (unpaired) electrons. The van der Waals surface area contributed by atoms with Crippen LogP contribution in [0.5, 0.6) is 0 Å². The molecule has 1 amide bonds. The van der Waals surface area contributed by atoms with Crippen molar-refractivity contribution < 1.29 is 4.79 Å². The molecule has 2 N–H and O–H groups in total. The predicted molar refractivity (Wildman–Crippen MR) is 62.4 cm³/mol. The van der Waals surface area contributed by atoms with Crippen LogP contribution >= 0.6 is 0 Å². The van der Waals surface area contributed by atoms with Gasteiger partial charge in [0.15, 0.2) is 0 Å². The average Bonchev–Trinajstić information content (AvgIpc) is 2.17.